The largest absolute Gasteiger partial charge is 0.480 e. The fourth-order valence-corrected chi connectivity index (χ4v) is 3.92. The van der Waals surface area contributed by atoms with E-state index in [4.69, 9.17) is 17.2 Å². The maximum atomic E-state index is 13.2. The van der Waals surface area contributed by atoms with Crippen LogP contribution >= 0.6 is 11.8 Å². The Hall–Kier alpha value is -3.16. The number of carbonyl (C=O) groups excluding carboxylic acids is 4. The van der Waals surface area contributed by atoms with Gasteiger partial charge in [-0.1, -0.05) is 30.3 Å². The van der Waals surface area contributed by atoms with Crippen LogP contribution in [0.3, 0.4) is 0 Å². The van der Waals surface area contributed by atoms with Crippen LogP contribution in [-0.2, 0) is 30.4 Å². The Morgan fingerprint density at radius 1 is 0.892 bits per heavy atom. The molecular weight excluding hydrogens is 500 g/mol. The molecule has 12 nitrogen and oxygen atoms in total. The number of thioether (sulfide) groups is 1. The van der Waals surface area contributed by atoms with E-state index in [1.807, 2.05) is 6.26 Å². The van der Waals surface area contributed by atoms with Crippen molar-refractivity contribution in [1.29, 1.82) is 0 Å². The molecule has 1 aromatic rings. The van der Waals surface area contributed by atoms with Crippen molar-refractivity contribution < 1.29 is 29.1 Å². The van der Waals surface area contributed by atoms with Crippen LogP contribution in [0.2, 0.25) is 0 Å². The minimum absolute atomic E-state index is 0.0952. The summed E-state index contributed by atoms with van der Waals surface area (Å²) in [6.07, 6.45) is 3.09. The van der Waals surface area contributed by atoms with Crippen LogP contribution < -0.4 is 33.2 Å². The van der Waals surface area contributed by atoms with Gasteiger partial charge in [0.2, 0.25) is 23.6 Å². The lowest BCUT2D eigenvalue weighted by Gasteiger charge is -2.25. The van der Waals surface area contributed by atoms with Crippen molar-refractivity contribution in [2.24, 2.45) is 17.2 Å². The second-order valence-electron chi connectivity index (χ2n) is 8.55. The van der Waals surface area contributed by atoms with E-state index in [1.165, 1.54) is 11.8 Å². The van der Waals surface area contributed by atoms with Gasteiger partial charge in [0.15, 0.2) is 0 Å². The van der Waals surface area contributed by atoms with Crippen molar-refractivity contribution in [2.75, 3.05) is 18.6 Å². The third-order valence-corrected chi connectivity index (χ3v) is 6.12. The van der Waals surface area contributed by atoms with Gasteiger partial charge in [0.05, 0.1) is 12.5 Å². The van der Waals surface area contributed by atoms with Crippen LogP contribution in [-0.4, -0.2) is 77.4 Å². The number of nitrogens with two attached hydrogens (primary N) is 3. The summed E-state index contributed by atoms with van der Waals surface area (Å²) >= 11 is 1.45. The van der Waals surface area contributed by atoms with E-state index in [0.29, 0.717) is 25.1 Å². The molecule has 0 saturated heterocycles. The quantitative estimate of drug-likeness (QED) is 0.112. The lowest BCUT2D eigenvalue weighted by Crippen LogP contribution is -2.58. The van der Waals surface area contributed by atoms with E-state index in [2.05, 4.69) is 16.0 Å². The summed E-state index contributed by atoms with van der Waals surface area (Å²) in [4.78, 5) is 61.6. The molecule has 4 unspecified atom stereocenters. The summed E-state index contributed by atoms with van der Waals surface area (Å²) in [6, 6.07) is 4.39. The SMILES string of the molecule is CSCCC(NC(=O)C(N)CC(N)=O)C(=O)NC(Cc1ccccc1)C(=O)NC(CCCCN)C(=O)O. The molecule has 0 aliphatic heterocycles. The third-order valence-electron chi connectivity index (χ3n) is 5.48. The van der Waals surface area contributed by atoms with Gasteiger partial charge in [0, 0.05) is 6.42 Å². The summed E-state index contributed by atoms with van der Waals surface area (Å²) in [7, 11) is 0. The lowest BCUT2D eigenvalue weighted by atomic mass is 10.0. The number of primary amides is 1. The van der Waals surface area contributed by atoms with E-state index < -0.39 is 53.8 Å². The highest BCUT2D eigenvalue weighted by Gasteiger charge is 2.30. The highest BCUT2D eigenvalue weighted by atomic mass is 32.2. The first-order chi connectivity index (χ1) is 17.6. The van der Waals surface area contributed by atoms with Crippen molar-refractivity contribution in [3.05, 3.63) is 35.9 Å². The van der Waals surface area contributed by atoms with Crippen molar-refractivity contribution in [2.45, 2.75) is 62.7 Å². The Morgan fingerprint density at radius 2 is 1.49 bits per heavy atom. The van der Waals surface area contributed by atoms with Crippen LogP contribution in [0.4, 0.5) is 0 Å². The van der Waals surface area contributed by atoms with E-state index in [9.17, 15) is 29.1 Å². The zero-order valence-electron chi connectivity index (χ0n) is 21.0. The number of benzene rings is 1. The first-order valence-electron chi connectivity index (χ1n) is 12.0. The van der Waals surface area contributed by atoms with Gasteiger partial charge in [-0.2, -0.15) is 11.8 Å². The minimum atomic E-state index is -1.23. The van der Waals surface area contributed by atoms with Crippen LogP contribution in [0, 0.1) is 0 Å². The summed E-state index contributed by atoms with van der Waals surface area (Å²) in [6.45, 7) is 0.402. The van der Waals surface area contributed by atoms with Gasteiger partial charge in [-0.05, 0) is 49.8 Å². The van der Waals surface area contributed by atoms with Crippen LogP contribution in [0.5, 0.6) is 0 Å². The predicted octanol–water partition coefficient (Wildman–Crippen LogP) is -1.15. The lowest BCUT2D eigenvalue weighted by molar-refractivity contribution is -0.142. The van der Waals surface area contributed by atoms with Gasteiger partial charge in [-0.15, -0.1) is 0 Å². The molecule has 1 aromatic carbocycles. The second kappa shape index (κ2) is 17.3. The number of unbranched alkanes of at least 4 members (excludes halogenated alkanes) is 1. The van der Waals surface area contributed by atoms with Gasteiger partial charge < -0.3 is 38.3 Å². The minimum Gasteiger partial charge on any atom is -0.480 e. The van der Waals surface area contributed by atoms with Gasteiger partial charge in [0.25, 0.3) is 0 Å². The Labute approximate surface area is 220 Å². The van der Waals surface area contributed by atoms with Gasteiger partial charge >= 0.3 is 5.97 Å². The summed E-state index contributed by atoms with van der Waals surface area (Å²) in [5, 5.41) is 17.2. The smallest absolute Gasteiger partial charge is 0.326 e. The second-order valence-corrected chi connectivity index (χ2v) is 9.54. The Bertz CT molecular complexity index is 903. The van der Waals surface area contributed by atoms with E-state index in [1.54, 1.807) is 30.3 Å². The predicted molar refractivity (Wildman–Crippen MR) is 141 cm³/mol. The summed E-state index contributed by atoms with van der Waals surface area (Å²) < 4.78 is 0. The van der Waals surface area contributed by atoms with Crippen molar-refractivity contribution in [3.63, 3.8) is 0 Å². The molecule has 0 aliphatic rings. The molecule has 0 aliphatic carbocycles. The molecule has 206 valence electrons. The average Bonchev–Trinajstić information content (AvgIpc) is 2.85. The van der Waals surface area contributed by atoms with Crippen LogP contribution in [0.25, 0.3) is 0 Å². The highest BCUT2D eigenvalue weighted by Crippen LogP contribution is 2.08. The number of nitrogens with one attached hydrogen (secondary N) is 3. The van der Waals surface area contributed by atoms with E-state index >= 15 is 0 Å². The normalized spacial score (nSPS) is 14.0. The molecule has 0 radical (unpaired) electrons. The van der Waals surface area contributed by atoms with Crippen molar-refractivity contribution in [1.82, 2.24) is 16.0 Å². The summed E-state index contributed by atoms with van der Waals surface area (Å²) in [5.74, 6) is -3.47. The Morgan fingerprint density at radius 3 is 2.05 bits per heavy atom. The molecule has 0 saturated carbocycles. The molecule has 37 heavy (non-hydrogen) atoms. The van der Waals surface area contributed by atoms with Crippen molar-refractivity contribution >= 4 is 41.4 Å². The molecular formula is C24H38N6O6S. The monoisotopic (exact) mass is 538 g/mol. The fourth-order valence-electron chi connectivity index (χ4n) is 3.45. The molecule has 4 atom stereocenters. The van der Waals surface area contributed by atoms with Crippen LogP contribution in [0.15, 0.2) is 30.3 Å². The number of carboxylic acids is 1. The number of hydrogen-bond acceptors (Lipinski definition) is 8. The van der Waals surface area contributed by atoms with Crippen LogP contribution in [0.1, 0.15) is 37.7 Å². The van der Waals surface area contributed by atoms with Gasteiger partial charge in [-0.3, -0.25) is 19.2 Å². The van der Waals surface area contributed by atoms with E-state index in [0.717, 1.165) is 5.56 Å². The fraction of sp³-hybridized carbons (Fsp3) is 0.542. The maximum absolute atomic E-state index is 13.2. The number of aliphatic carboxylic acids is 1. The first kappa shape index (κ1) is 31.9. The summed E-state index contributed by atoms with van der Waals surface area (Å²) in [5.41, 5.74) is 17.0. The van der Waals surface area contributed by atoms with E-state index in [-0.39, 0.29) is 25.7 Å². The standard InChI is InChI=1S/C24H38N6O6S/c1-37-12-10-17(28-21(32)16(26)14-20(27)31)22(33)30-19(13-15-7-3-2-4-8-15)23(34)29-18(24(35)36)9-5-6-11-25/h2-4,7-8,16-19H,5-6,9-14,25-26H2,1H3,(H2,27,31)(H,28,32)(H,29,34)(H,30,33)(H,35,36). The molecule has 0 bridgehead atoms. The molecule has 4 amide bonds. The zero-order valence-corrected chi connectivity index (χ0v) is 21.8. The number of carbonyl (C=O) groups is 5. The Balaban J connectivity index is 3.07. The van der Waals surface area contributed by atoms with Gasteiger partial charge in [0.1, 0.15) is 18.1 Å². The zero-order chi connectivity index (χ0) is 27.8. The molecule has 1 rings (SSSR count). The number of amides is 4. The first-order valence-corrected chi connectivity index (χ1v) is 13.4. The van der Waals surface area contributed by atoms with Gasteiger partial charge in [-0.25, -0.2) is 4.79 Å². The molecule has 0 aromatic heterocycles. The maximum Gasteiger partial charge on any atom is 0.326 e. The highest BCUT2D eigenvalue weighted by molar-refractivity contribution is 7.98. The average molecular weight is 539 g/mol. The molecule has 0 fully saturated rings. The number of rotatable bonds is 18. The third kappa shape index (κ3) is 12.6. The molecule has 10 N–H and O–H groups in total. The molecule has 0 spiro atoms. The molecule has 13 heteroatoms. The Kier molecular flexibility index (Phi) is 14.9. The molecule has 0 heterocycles. The van der Waals surface area contributed by atoms with Crippen molar-refractivity contribution in [3.8, 4) is 0 Å². The number of carboxylic acid groups (broad SMARTS) is 1. The number of hydrogen-bond donors (Lipinski definition) is 7. The topological polar surface area (TPSA) is 220 Å².